The zero-order chi connectivity index (χ0) is 26.7. The highest BCUT2D eigenvalue weighted by Gasteiger charge is 2.32. The predicted molar refractivity (Wildman–Crippen MR) is 152 cm³/mol. The summed E-state index contributed by atoms with van der Waals surface area (Å²) in [5, 5.41) is 8.42. The van der Waals surface area contributed by atoms with Gasteiger partial charge in [0.05, 0.1) is 11.4 Å². The van der Waals surface area contributed by atoms with E-state index in [2.05, 4.69) is 10.6 Å². The Morgan fingerprint density at radius 2 is 1.53 bits per heavy atom. The SMILES string of the molecule is CC(C)P(=O)(c1ccc(C(=O)Nc2cc(-c3cccs3)ccc2NC(=O)OC(C)(C)C)cc1)C(C)C. The molecule has 0 radical (unpaired) electrons. The summed E-state index contributed by atoms with van der Waals surface area (Å²) in [5.41, 5.74) is 1.60. The molecule has 0 fully saturated rings. The molecule has 2 amide bonds. The Bertz CT molecular complexity index is 1250. The normalized spacial score (nSPS) is 12.0. The molecule has 36 heavy (non-hydrogen) atoms. The lowest BCUT2D eigenvalue weighted by Crippen LogP contribution is -2.27. The van der Waals surface area contributed by atoms with Crippen LogP contribution in [0.1, 0.15) is 58.8 Å². The van der Waals surface area contributed by atoms with Crippen molar-refractivity contribution in [2.45, 2.75) is 65.4 Å². The van der Waals surface area contributed by atoms with E-state index in [1.807, 2.05) is 57.3 Å². The maximum atomic E-state index is 13.6. The van der Waals surface area contributed by atoms with Gasteiger partial charge in [0.15, 0.2) is 0 Å². The van der Waals surface area contributed by atoms with Crippen molar-refractivity contribution in [1.82, 2.24) is 0 Å². The van der Waals surface area contributed by atoms with Crippen LogP contribution in [0.4, 0.5) is 16.2 Å². The number of nitrogens with one attached hydrogen (secondary N) is 2. The van der Waals surface area contributed by atoms with Gasteiger partial charge in [-0.05, 0) is 62.0 Å². The largest absolute Gasteiger partial charge is 0.444 e. The third-order valence-electron chi connectivity index (χ3n) is 5.78. The van der Waals surface area contributed by atoms with Gasteiger partial charge in [-0.3, -0.25) is 10.1 Å². The van der Waals surface area contributed by atoms with Crippen molar-refractivity contribution in [1.29, 1.82) is 0 Å². The molecule has 0 saturated heterocycles. The van der Waals surface area contributed by atoms with Crippen LogP contribution in [0.3, 0.4) is 0 Å². The van der Waals surface area contributed by atoms with Gasteiger partial charge in [-0.25, -0.2) is 4.79 Å². The summed E-state index contributed by atoms with van der Waals surface area (Å²) in [4.78, 5) is 26.6. The van der Waals surface area contributed by atoms with Crippen molar-refractivity contribution in [3.63, 3.8) is 0 Å². The molecule has 0 aliphatic carbocycles. The van der Waals surface area contributed by atoms with Gasteiger partial charge in [0.2, 0.25) is 0 Å². The highest BCUT2D eigenvalue weighted by atomic mass is 32.1. The van der Waals surface area contributed by atoms with Gasteiger partial charge < -0.3 is 14.6 Å². The van der Waals surface area contributed by atoms with Crippen molar-refractivity contribution < 1.29 is 18.9 Å². The summed E-state index contributed by atoms with van der Waals surface area (Å²) in [6.07, 6.45) is -0.607. The minimum Gasteiger partial charge on any atom is -0.444 e. The average Bonchev–Trinajstić information content (AvgIpc) is 3.33. The van der Waals surface area contributed by atoms with Gasteiger partial charge in [-0.1, -0.05) is 52.0 Å². The Morgan fingerprint density at radius 1 is 0.889 bits per heavy atom. The van der Waals surface area contributed by atoms with Gasteiger partial charge >= 0.3 is 6.09 Å². The molecule has 0 aliphatic rings. The Hall–Kier alpha value is -2.89. The second-order valence-corrected chi connectivity index (χ2v) is 15.2. The van der Waals surface area contributed by atoms with E-state index >= 15 is 0 Å². The molecular weight excluding hydrogens is 491 g/mol. The fraction of sp³-hybridized carbons (Fsp3) is 0.357. The molecule has 0 aliphatic heterocycles. The molecule has 0 spiro atoms. The number of ether oxygens (including phenoxy) is 1. The standard InChI is InChI=1S/C28H35N2O4PS/c1-18(2)35(33,19(3)4)22-13-10-20(11-14-22)26(31)29-24-17-21(25-9-8-16-36-25)12-15-23(24)30-27(32)34-28(5,6)7/h8-19H,1-7H3,(H,29,31)(H,30,32). The zero-order valence-corrected chi connectivity index (χ0v) is 23.6. The second-order valence-electron chi connectivity index (χ2n) is 10.3. The average molecular weight is 527 g/mol. The van der Waals surface area contributed by atoms with Crippen LogP contribution in [-0.2, 0) is 9.30 Å². The van der Waals surface area contributed by atoms with E-state index in [0.29, 0.717) is 16.9 Å². The Morgan fingerprint density at radius 3 is 2.06 bits per heavy atom. The number of hydrogen-bond donors (Lipinski definition) is 2. The number of carbonyl (C=O) groups excluding carboxylic acids is 2. The second kappa shape index (κ2) is 11.0. The van der Waals surface area contributed by atoms with Gasteiger partial charge in [0.25, 0.3) is 5.91 Å². The fourth-order valence-electron chi connectivity index (χ4n) is 4.00. The van der Waals surface area contributed by atoms with Crippen LogP contribution < -0.4 is 15.9 Å². The first-order valence-corrected chi connectivity index (χ1v) is 14.7. The van der Waals surface area contributed by atoms with E-state index in [0.717, 1.165) is 15.7 Å². The lowest BCUT2D eigenvalue weighted by molar-refractivity contribution is 0.0635. The smallest absolute Gasteiger partial charge is 0.412 e. The molecule has 2 N–H and O–H groups in total. The van der Waals surface area contributed by atoms with Crippen LogP contribution >= 0.6 is 18.5 Å². The van der Waals surface area contributed by atoms with Crippen molar-refractivity contribution >= 4 is 47.2 Å². The molecule has 0 atom stereocenters. The molecule has 0 saturated carbocycles. The molecule has 0 unspecified atom stereocenters. The number of benzene rings is 2. The van der Waals surface area contributed by atoms with Gasteiger partial charge in [-0.2, -0.15) is 0 Å². The van der Waals surface area contributed by atoms with Crippen LogP contribution in [-0.4, -0.2) is 28.9 Å². The first kappa shape index (κ1) is 27.7. The monoisotopic (exact) mass is 526 g/mol. The fourth-order valence-corrected chi connectivity index (χ4v) is 7.72. The van der Waals surface area contributed by atoms with E-state index < -0.39 is 18.8 Å². The number of thiophene rings is 1. The summed E-state index contributed by atoms with van der Waals surface area (Å²) < 4.78 is 19.0. The van der Waals surface area contributed by atoms with Crippen molar-refractivity contribution in [3.05, 3.63) is 65.5 Å². The van der Waals surface area contributed by atoms with Crippen LogP contribution in [0.25, 0.3) is 10.4 Å². The number of carbonyl (C=O) groups is 2. The third-order valence-corrected chi connectivity index (χ3v) is 10.9. The van der Waals surface area contributed by atoms with Gasteiger partial charge in [0.1, 0.15) is 12.7 Å². The highest BCUT2D eigenvalue weighted by molar-refractivity contribution is 7.72. The number of anilines is 2. The van der Waals surface area contributed by atoms with Gasteiger partial charge in [0, 0.05) is 27.1 Å². The van der Waals surface area contributed by atoms with Crippen molar-refractivity contribution in [2.24, 2.45) is 0 Å². The molecule has 6 nitrogen and oxygen atoms in total. The lowest BCUT2D eigenvalue weighted by Gasteiger charge is -2.26. The summed E-state index contributed by atoms with van der Waals surface area (Å²) in [6.45, 7) is 13.3. The third kappa shape index (κ3) is 6.45. The Kier molecular flexibility index (Phi) is 8.48. The van der Waals surface area contributed by atoms with Gasteiger partial charge in [-0.15, -0.1) is 11.3 Å². The first-order valence-electron chi connectivity index (χ1n) is 12.0. The molecular formula is C28H35N2O4PS. The Balaban J connectivity index is 1.90. The van der Waals surface area contributed by atoms with E-state index in [9.17, 15) is 14.2 Å². The molecule has 2 aromatic carbocycles. The molecule has 1 aromatic heterocycles. The molecule has 192 valence electrons. The number of hydrogen-bond acceptors (Lipinski definition) is 5. The molecule has 8 heteroatoms. The van der Waals surface area contributed by atoms with E-state index in [4.69, 9.17) is 4.74 Å². The topological polar surface area (TPSA) is 84.5 Å². The van der Waals surface area contributed by atoms with E-state index in [1.165, 1.54) is 0 Å². The van der Waals surface area contributed by atoms with Crippen LogP contribution in [0.2, 0.25) is 0 Å². The summed E-state index contributed by atoms with van der Waals surface area (Å²) in [5.74, 6) is -0.332. The minimum atomic E-state index is -2.60. The number of amides is 2. The maximum absolute atomic E-state index is 13.6. The first-order chi connectivity index (χ1) is 16.8. The number of rotatable bonds is 7. The van der Waals surface area contributed by atoms with Crippen LogP contribution in [0.5, 0.6) is 0 Å². The van der Waals surface area contributed by atoms with Crippen molar-refractivity contribution in [2.75, 3.05) is 10.6 Å². The summed E-state index contributed by atoms with van der Waals surface area (Å²) in [6, 6.07) is 16.4. The lowest BCUT2D eigenvalue weighted by atomic mass is 10.1. The molecule has 3 rings (SSSR count). The zero-order valence-electron chi connectivity index (χ0n) is 21.9. The summed E-state index contributed by atoms with van der Waals surface area (Å²) >= 11 is 1.58. The van der Waals surface area contributed by atoms with Crippen LogP contribution in [0.15, 0.2) is 60.0 Å². The van der Waals surface area contributed by atoms with Crippen molar-refractivity contribution in [3.8, 4) is 10.4 Å². The molecule has 0 bridgehead atoms. The Labute approximate surface area is 217 Å². The van der Waals surface area contributed by atoms with Crippen LogP contribution in [0, 0.1) is 0 Å². The summed E-state index contributed by atoms with van der Waals surface area (Å²) in [7, 11) is -2.60. The highest BCUT2D eigenvalue weighted by Crippen LogP contribution is 2.53. The minimum absolute atomic E-state index is 0.0126. The predicted octanol–water partition coefficient (Wildman–Crippen LogP) is 7.82. The maximum Gasteiger partial charge on any atom is 0.412 e. The van der Waals surface area contributed by atoms with E-state index in [1.54, 1.807) is 62.4 Å². The molecule has 1 heterocycles. The quantitative estimate of drug-likeness (QED) is 0.307. The molecule has 3 aromatic rings. The van der Waals surface area contributed by atoms with E-state index in [-0.39, 0.29) is 17.2 Å².